The molecule has 0 fully saturated rings. The van der Waals surface area contributed by atoms with Gasteiger partial charge in [0.2, 0.25) is 0 Å². The van der Waals surface area contributed by atoms with Crippen LogP contribution in [-0.4, -0.2) is 34.7 Å². The number of rotatable bonds is 4. The van der Waals surface area contributed by atoms with E-state index in [2.05, 4.69) is 72.4 Å². The van der Waals surface area contributed by atoms with Crippen LogP contribution >= 0.6 is 0 Å². The van der Waals surface area contributed by atoms with Crippen molar-refractivity contribution in [2.24, 2.45) is 0 Å². The van der Waals surface area contributed by atoms with E-state index in [-0.39, 0.29) is 17.5 Å². The van der Waals surface area contributed by atoms with Gasteiger partial charge in [-0.25, -0.2) is 4.68 Å². The number of carbonyl (C=O) groups excluding carboxylic acids is 1. The molecule has 2 aromatic carbocycles. The van der Waals surface area contributed by atoms with Gasteiger partial charge in [0.05, 0.1) is 17.8 Å². The van der Waals surface area contributed by atoms with E-state index in [1.807, 2.05) is 16.8 Å². The summed E-state index contributed by atoms with van der Waals surface area (Å²) >= 11 is 0. The predicted molar refractivity (Wildman–Crippen MR) is 116 cm³/mol. The summed E-state index contributed by atoms with van der Waals surface area (Å²) in [6, 6.07) is 21.1. The zero-order chi connectivity index (χ0) is 20.6. The lowest BCUT2D eigenvalue weighted by Crippen LogP contribution is -2.45. The minimum Gasteiger partial charge on any atom is -0.345 e. The van der Waals surface area contributed by atoms with E-state index in [1.54, 1.807) is 25.2 Å². The van der Waals surface area contributed by atoms with E-state index in [1.165, 1.54) is 11.1 Å². The topological polar surface area (TPSA) is 41.4 Å². The highest BCUT2D eigenvalue weighted by Gasteiger charge is 2.41. The van der Waals surface area contributed by atoms with E-state index in [4.69, 9.17) is 0 Å². The molecule has 3 aromatic rings. The van der Waals surface area contributed by atoms with E-state index in [9.17, 15) is 4.79 Å². The first-order valence-corrected chi connectivity index (χ1v) is 10.0. The van der Waals surface area contributed by atoms with Gasteiger partial charge in [0, 0.05) is 20.6 Å². The summed E-state index contributed by atoms with van der Waals surface area (Å²) in [4.78, 5) is 16.9. The van der Waals surface area contributed by atoms with E-state index in [0.29, 0.717) is 5.56 Å². The molecule has 4 rings (SSSR count). The fraction of sp³-hybridized carbons (Fsp3) is 0.333. The highest BCUT2D eigenvalue weighted by molar-refractivity contribution is 5.98. The van der Waals surface area contributed by atoms with Crippen LogP contribution in [-0.2, 0) is 12.1 Å². The zero-order valence-corrected chi connectivity index (χ0v) is 17.5. The second-order valence-electron chi connectivity index (χ2n) is 8.55. The normalized spacial score (nSPS) is 17.7. The number of amides is 1. The first-order chi connectivity index (χ1) is 13.9. The minimum absolute atomic E-state index is 0.0196. The van der Waals surface area contributed by atoms with Crippen molar-refractivity contribution < 1.29 is 4.79 Å². The molecule has 0 saturated heterocycles. The monoisotopic (exact) mass is 388 g/mol. The van der Waals surface area contributed by atoms with Gasteiger partial charge in [-0.15, -0.1) is 0 Å². The number of fused-ring (bicyclic) bond motifs is 1. The van der Waals surface area contributed by atoms with Gasteiger partial charge in [-0.1, -0.05) is 60.7 Å². The standard InChI is InChI=1S/C24H28N4O/c1-24(2)15-21(19-13-9-6-10-14-19)27(17-18-11-7-5-8-12-18)22-20(16-25-28(22)24)23(29)26(3)4/h5-14,16,21H,15,17H2,1-4H3. The van der Waals surface area contributed by atoms with Crippen LogP contribution < -0.4 is 4.90 Å². The van der Waals surface area contributed by atoms with Crippen molar-refractivity contribution in [2.45, 2.75) is 38.4 Å². The Labute approximate surface area is 172 Å². The molecule has 0 bridgehead atoms. The van der Waals surface area contributed by atoms with E-state index in [0.717, 1.165) is 18.8 Å². The smallest absolute Gasteiger partial charge is 0.258 e. The molecule has 1 unspecified atom stereocenters. The Bertz CT molecular complexity index is 992. The summed E-state index contributed by atoms with van der Waals surface area (Å²) in [6.45, 7) is 5.11. The second kappa shape index (κ2) is 7.39. The van der Waals surface area contributed by atoms with Crippen LogP contribution in [0.5, 0.6) is 0 Å². The lowest BCUT2D eigenvalue weighted by atomic mass is 9.87. The third-order valence-corrected chi connectivity index (χ3v) is 5.68. The highest BCUT2D eigenvalue weighted by atomic mass is 16.2. The number of hydrogen-bond acceptors (Lipinski definition) is 3. The molecule has 0 aliphatic carbocycles. The van der Waals surface area contributed by atoms with Gasteiger partial charge in [-0.05, 0) is 31.4 Å². The van der Waals surface area contributed by atoms with Crippen molar-refractivity contribution in [3.8, 4) is 0 Å². The van der Waals surface area contributed by atoms with Crippen molar-refractivity contribution in [2.75, 3.05) is 19.0 Å². The molecular weight excluding hydrogens is 360 g/mol. The maximum atomic E-state index is 13.0. The summed E-state index contributed by atoms with van der Waals surface area (Å²) < 4.78 is 2.03. The fourth-order valence-electron chi connectivity index (χ4n) is 4.21. The Morgan fingerprint density at radius 2 is 1.69 bits per heavy atom. The summed E-state index contributed by atoms with van der Waals surface area (Å²) in [7, 11) is 3.58. The van der Waals surface area contributed by atoms with Crippen LogP contribution in [0.2, 0.25) is 0 Å². The lowest BCUT2D eigenvalue weighted by Gasteiger charge is -2.45. The fourth-order valence-corrected chi connectivity index (χ4v) is 4.21. The zero-order valence-electron chi connectivity index (χ0n) is 17.5. The molecule has 0 radical (unpaired) electrons. The van der Waals surface area contributed by atoms with E-state index >= 15 is 0 Å². The maximum Gasteiger partial charge on any atom is 0.258 e. The SMILES string of the molecule is CN(C)C(=O)c1cnn2c1N(Cc1ccccc1)C(c1ccccc1)CC2(C)C. The van der Waals surface area contributed by atoms with Crippen LogP contribution in [0.15, 0.2) is 66.9 Å². The average molecular weight is 389 g/mol. The molecule has 0 spiro atoms. The Morgan fingerprint density at radius 3 is 2.31 bits per heavy atom. The molecule has 2 heterocycles. The number of nitrogens with zero attached hydrogens (tertiary/aromatic N) is 4. The number of anilines is 1. The molecular formula is C24H28N4O. The average Bonchev–Trinajstić information content (AvgIpc) is 3.17. The summed E-state index contributed by atoms with van der Waals surface area (Å²) in [6.07, 6.45) is 2.64. The Hall–Kier alpha value is -3.08. The van der Waals surface area contributed by atoms with Crippen molar-refractivity contribution >= 4 is 11.7 Å². The Morgan fingerprint density at radius 1 is 1.07 bits per heavy atom. The van der Waals surface area contributed by atoms with Crippen LogP contribution in [0.25, 0.3) is 0 Å². The largest absolute Gasteiger partial charge is 0.345 e. The molecule has 5 nitrogen and oxygen atoms in total. The van der Waals surface area contributed by atoms with Crippen LogP contribution in [0.1, 0.15) is 47.8 Å². The maximum absolute atomic E-state index is 13.0. The number of carbonyl (C=O) groups is 1. The summed E-state index contributed by atoms with van der Waals surface area (Å²) in [5.74, 6) is 0.881. The molecule has 0 saturated carbocycles. The van der Waals surface area contributed by atoms with Crippen molar-refractivity contribution in [1.29, 1.82) is 0 Å². The van der Waals surface area contributed by atoms with Gasteiger partial charge >= 0.3 is 0 Å². The number of benzene rings is 2. The number of aromatic nitrogens is 2. The van der Waals surface area contributed by atoms with Gasteiger partial charge in [-0.3, -0.25) is 4.79 Å². The molecule has 1 aliphatic heterocycles. The molecule has 1 aromatic heterocycles. The molecule has 0 N–H and O–H groups in total. The molecule has 1 aliphatic rings. The molecule has 150 valence electrons. The first kappa shape index (κ1) is 19.2. The van der Waals surface area contributed by atoms with Gasteiger partial charge in [0.15, 0.2) is 0 Å². The van der Waals surface area contributed by atoms with Crippen LogP contribution in [0, 0.1) is 0 Å². The van der Waals surface area contributed by atoms with Crippen molar-refractivity contribution in [1.82, 2.24) is 14.7 Å². The third kappa shape index (κ3) is 3.53. The van der Waals surface area contributed by atoms with Crippen molar-refractivity contribution in [3.63, 3.8) is 0 Å². The van der Waals surface area contributed by atoms with Gasteiger partial charge < -0.3 is 9.80 Å². The first-order valence-electron chi connectivity index (χ1n) is 10.0. The summed E-state index contributed by atoms with van der Waals surface area (Å²) in [5.41, 5.74) is 2.92. The predicted octanol–water partition coefficient (Wildman–Crippen LogP) is 4.47. The highest BCUT2D eigenvalue weighted by Crippen LogP contribution is 2.45. The molecule has 1 amide bonds. The lowest BCUT2D eigenvalue weighted by molar-refractivity contribution is 0.0827. The van der Waals surface area contributed by atoms with Crippen molar-refractivity contribution in [3.05, 3.63) is 83.6 Å². The Kier molecular flexibility index (Phi) is 4.91. The molecule has 29 heavy (non-hydrogen) atoms. The minimum atomic E-state index is -0.201. The molecule has 5 heteroatoms. The Balaban J connectivity index is 1.89. The van der Waals surface area contributed by atoms with Gasteiger partial charge in [0.1, 0.15) is 11.4 Å². The third-order valence-electron chi connectivity index (χ3n) is 5.68. The molecule has 1 atom stereocenters. The summed E-state index contributed by atoms with van der Waals surface area (Å²) in [5, 5.41) is 4.66. The van der Waals surface area contributed by atoms with Crippen LogP contribution in [0.3, 0.4) is 0 Å². The quantitative estimate of drug-likeness (QED) is 0.662. The van der Waals surface area contributed by atoms with Crippen LogP contribution in [0.4, 0.5) is 5.82 Å². The van der Waals surface area contributed by atoms with E-state index < -0.39 is 0 Å². The van der Waals surface area contributed by atoms with Gasteiger partial charge in [0.25, 0.3) is 5.91 Å². The second-order valence-corrected chi connectivity index (χ2v) is 8.55. The van der Waals surface area contributed by atoms with Gasteiger partial charge in [-0.2, -0.15) is 5.10 Å². The number of hydrogen-bond donors (Lipinski definition) is 0.